The third kappa shape index (κ3) is 4.64. The van der Waals surface area contributed by atoms with Gasteiger partial charge in [-0.2, -0.15) is 5.26 Å². The van der Waals surface area contributed by atoms with E-state index >= 15 is 0 Å². The highest BCUT2D eigenvalue weighted by Gasteiger charge is 2.13. The molecule has 0 unspecified atom stereocenters. The number of amides is 1. The predicted molar refractivity (Wildman–Crippen MR) is 86.0 cm³/mol. The van der Waals surface area contributed by atoms with Crippen LogP contribution in [-0.2, 0) is 14.8 Å². The lowest BCUT2D eigenvalue weighted by molar-refractivity contribution is -0.116. The van der Waals surface area contributed by atoms with Gasteiger partial charge in [0, 0.05) is 13.0 Å². The second-order valence-corrected chi connectivity index (χ2v) is 6.43. The third-order valence-electron chi connectivity index (χ3n) is 3.02. The van der Waals surface area contributed by atoms with Gasteiger partial charge >= 0.3 is 0 Å². The molecule has 0 aliphatic heterocycles. The van der Waals surface area contributed by atoms with Gasteiger partial charge in [0.2, 0.25) is 15.9 Å². The molecule has 6 nitrogen and oxygen atoms in total. The van der Waals surface area contributed by atoms with Crippen molar-refractivity contribution < 1.29 is 13.2 Å². The van der Waals surface area contributed by atoms with Crippen LogP contribution >= 0.6 is 0 Å². The zero-order valence-corrected chi connectivity index (χ0v) is 13.0. The Bertz CT molecular complexity index is 827. The highest BCUT2D eigenvalue weighted by Crippen LogP contribution is 2.13. The molecule has 0 aliphatic carbocycles. The number of carbonyl (C=O) groups excluding carboxylic acids is 1. The highest BCUT2D eigenvalue weighted by molar-refractivity contribution is 7.89. The minimum absolute atomic E-state index is 0.0300. The number of nitrogens with zero attached hydrogens (tertiary/aromatic N) is 1. The van der Waals surface area contributed by atoms with E-state index in [9.17, 15) is 13.2 Å². The Kier molecular flexibility index (Phi) is 5.46. The molecule has 2 aromatic carbocycles. The van der Waals surface area contributed by atoms with E-state index in [0.29, 0.717) is 11.3 Å². The molecule has 1 amide bonds. The third-order valence-corrected chi connectivity index (χ3v) is 4.50. The number of carbonyl (C=O) groups is 1. The lowest BCUT2D eigenvalue weighted by Crippen LogP contribution is -2.27. The van der Waals surface area contributed by atoms with Crippen LogP contribution in [0.1, 0.15) is 12.0 Å². The number of para-hydroxylation sites is 1. The summed E-state index contributed by atoms with van der Waals surface area (Å²) < 4.78 is 26.3. The first kappa shape index (κ1) is 16.7. The van der Waals surface area contributed by atoms with Crippen molar-refractivity contribution in [3.63, 3.8) is 0 Å². The van der Waals surface area contributed by atoms with Crippen molar-refractivity contribution in [3.05, 3.63) is 60.2 Å². The Labute approximate surface area is 134 Å². The van der Waals surface area contributed by atoms with Gasteiger partial charge in [0.15, 0.2) is 0 Å². The Morgan fingerprint density at radius 2 is 1.70 bits per heavy atom. The molecule has 2 rings (SSSR count). The summed E-state index contributed by atoms with van der Waals surface area (Å²) in [6, 6.07) is 16.5. The Balaban J connectivity index is 1.89. The van der Waals surface area contributed by atoms with Crippen molar-refractivity contribution in [2.24, 2.45) is 0 Å². The minimum Gasteiger partial charge on any atom is -0.325 e. The summed E-state index contributed by atoms with van der Waals surface area (Å²) in [5, 5.41) is 11.5. The highest BCUT2D eigenvalue weighted by atomic mass is 32.2. The normalized spacial score (nSPS) is 10.7. The van der Waals surface area contributed by atoms with E-state index < -0.39 is 10.0 Å². The molecule has 0 radical (unpaired) electrons. The Morgan fingerprint density at radius 3 is 2.39 bits per heavy atom. The van der Waals surface area contributed by atoms with E-state index in [1.165, 1.54) is 12.1 Å². The second kappa shape index (κ2) is 7.54. The SMILES string of the molecule is N#Cc1ccccc1NC(=O)CCNS(=O)(=O)c1ccccc1. The summed E-state index contributed by atoms with van der Waals surface area (Å²) in [6.07, 6.45) is -0.0359. The molecule has 2 N–H and O–H groups in total. The van der Waals surface area contributed by atoms with Gasteiger partial charge in [-0.3, -0.25) is 4.79 Å². The number of hydrogen-bond acceptors (Lipinski definition) is 4. The summed E-state index contributed by atoms with van der Waals surface area (Å²) in [5.41, 5.74) is 0.761. The molecule has 0 aliphatic rings. The fourth-order valence-electron chi connectivity index (χ4n) is 1.88. The zero-order chi connectivity index (χ0) is 16.7. The number of nitriles is 1. The standard InChI is InChI=1S/C16H15N3O3S/c17-12-13-6-4-5-9-15(13)19-16(20)10-11-18-23(21,22)14-7-2-1-3-8-14/h1-9,18H,10-11H2,(H,19,20). The van der Waals surface area contributed by atoms with E-state index in [4.69, 9.17) is 5.26 Å². The number of anilines is 1. The maximum Gasteiger partial charge on any atom is 0.240 e. The summed E-state index contributed by atoms with van der Waals surface area (Å²) in [5.74, 6) is -0.372. The van der Waals surface area contributed by atoms with E-state index in [-0.39, 0.29) is 23.8 Å². The van der Waals surface area contributed by atoms with Crippen molar-refractivity contribution in [2.45, 2.75) is 11.3 Å². The van der Waals surface area contributed by atoms with Gasteiger partial charge in [0.25, 0.3) is 0 Å². The number of nitrogens with one attached hydrogen (secondary N) is 2. The molecule has 2 aromatic rings. The summed E-state index contributed by atoms with van der Waals surface area (Å²) in [6.45, 7) is -0.0300. The van der Waals surface area contributed by atoms with Gasteiger partial charge in [-0.1, -0.05) is 30.3 Å². The van der Waals surface area contributed by atoms with Gasteiger partial charge in [-0.05, 0) is 24.3 Å². The fraction of sp³-hybridized carbons (Fsp3) is 0.125. The first-order valence-electron chi connectivity index (χ1n) is 6.86. The molecular formula is C16H15N3O3S. The van der Waals surface area contributed by atoms with Crippen LogP contribution in [0.25, 0.3) is 0 Å². The Morgan fingerprint density at radius 1 is 1.04 bits per heavy atom. The summed E-state index contributed by atoms with van der Waals surface area (Å²) in [4.78, 5) is 12.0. The molecule has 0 heterocycles. The summed E-state index contributed by atoms with van der Waals surface area (Å²) >= 11 is 0. The van der Waals surface area contributed by atoms with E-state index in [1.54, 1.807) is 42.5 Å². The lowest BCUT2D eigenvalue weighted by atomic mass is 10.2. The fourth-order valence-corrected chi connectivity index (χ4v) is 2.94. The van der Waals surface area contributed by atoms with Crippen molar-refractivity contribution in [3.8, 4) is 6.07 Å². The molecular weight excluding hydrogens is 314 g/mol. The maximum atomic E-state index is 12.0. The van der Waals surface area contributed by atoms with Gasteiger partial charge in [-0.25, -0.2) is 13.1 Å². The topological polar surface area (TPSA) is 99.1 Å². The first-order chi connectivity index (χ1) is 11.0. The van der Waals surface area contributed by atoms with E-state index in [2.05, 4.69) is 10.0 Å². The molecule has 0 saturated heterocycles. The quantitative estimate of drug-likeness (QED) is 0.845. The average molecular weight is 329 g/mol. The Hall–Kier alpha value is -2.69. The first-order valence-corrected chi connectivity index (χ1v) is 8.35. The van der Waals surface area contributed by atoms with Crippen molar-refractivity contribution >= 4 is 21.6 Å². The van der Waals surface area contributed by atoms with Crippen LogP contribution in [0.15, 0.2) is 59.5 Å². The van der Waals surface area contributed by atoms with E-state index in [1.807, 2.05) is 6.07 Å². The van der Waals surface area contributed by atoms with Gasteiger partial charge in [0.05, 0.1) is 16.1 Å². The van der Waals surface area contributed by atoms with Crippen LogP contribution < -0.4 is 10.0 Å². The van der Waals surface area contributed by atoms with Crippen molar-refractivity contribution in [1.29, 1.82) is 5.26 Å². The van der Waals surface area contributed by atoms with Crippen LogP contribution in [0.3, 0.4) is 0 Å². The lowest BCUT2D eigenvalue weighted by Gasteiger charge is -2.08. The van der Waals surface area contributed by atoms with Crippen molar-refractivity contribution in [2.75, 3.05) is 11.9 Å². The van der Waals surface area contributed by atoms with Gasteiger partial charge in [0.1, 0.15) is 6.07 Å². The molecule has 23 heavy (non-hydrogen) atoms. The van der Waals surface area contributed by atoms with Crippen molar-refractivity contribution in [1.82, 2.24) is 4.72 Å². The number of rotatable bonds is 6. The molecule has 0 bridgehead atoms. The molecule has 0 atom stereocenters. The van der Waals surface area contributed by atoms with Crippen LogP contribution in [0.2, 0.25) is 0 Å². The van der Waals surface area contributed by atoms with Crippen LogP contribution in [-0.4, -0.2) is 20.9 Å². The van der Waals surface area contributed by atoms with E-state index in [0.717, 1.165) is 0 Å². The minimum atomic E-state index is -3.62. The molecule has 0 fully saturated rings. The predicted octanol–water partition coefficient (Wildman–Crippen LogP) is 1.87. The second-order valence-electron chi connectivity index (χ2n) is 4.67. The maximum absolute atomic E-state index is 12.0. The molecule has 0 saturated carbocycles. The number of sulfonamides is 1. The molecule has 118 valence electrons. The molecule has 7 heteroatoms. The average Bonchev–Trinajstić information content (AvgIpc) is 2.56. The molecule has 0 aromatic heterocycles. The van der Waals surface area contributed by atoms with Gasteiger partial charge < -0.3 is 5.32 Å². The van der Waals surface area contributed by atoms with Crippen LogP contribution in [0.4, 0.5) is 5.69 Å². The van der Waals surface area contributed by atoms with Crippen LogP contribution in [0, 0.1) is 11.3 Å². The van der Waals surface area contributed by atoms with Crippen LogP contribution in [0.5, 0.6) is 0 Å². The number of hydrogen-bond donors (Lipinski definition) is 2. The van der Waals surface area contributed by atoms with Gasteiger partial charge in [-0.15, -0.1) is 0 Å². The zero-order valence-electron chi connectivity index (χ0n) is 12.2. The largest absolute Gasteiger partial charge is 0.325 e. The summed E-state index contributed by atoms with van der Waals surface area (Å²) in [7, 11) is -3.62. The number of benzene rings is 2. The molecule has 0 spiro atoms. The smallest absolute Gasteiger partial charge is 0.240 e. The monoisotopic (exact) mass is 329 g/mol.